The average Bonchev–Trinajstić information content (AvgIpc) is 2.61. The van der Waals surface area contributed by atoms with E-state index in [4.69, 9.17) is 0 Å². The molecule has 0 atom stereocenters. The first kappa shape index (κ1) is 20.0. The Morgan fingerprint density at radius 1 is 1.15 bits per heavy atom. The van der Waals surface area contributed by atoms with E-state index in [-0.39, 0.29) is 17.9 Å². The highest BCUT2D eigenvalue weighted by Gasteiger charge is 2.27. The van der Waals surface area contributed by atoms with E-state index in [9.17, 15) is 28.1 Å². The number of nitro benzene ring substituents is 1. The van der Waals surface area contributed by atoms with Crippen molar-refractivity contribution in [1.29, 1.82) is 0 Å². The second-order valence-electron chi connectivity index (χ2n) is 5.35. The lowest BCUT2D eigenvalue weighted by atomic mass is 10.1. The largest absolute Gasteiger partial charge is 0.411 e. The van der Waals surface area contributed by atoms with E-state index >= 15 is 0 Å². The molecule has 0 unspecified atom stereocenters. The summed E-state index contributed by atoms with van der Waals surface area (Å²) in [5.74, 6) is -0.518. The summed E-state index contributed by atoms with van der Waals surface area (Å²) >= 11 is 0. The normalized spacial score (nSPS) is 11.5. The van der Waals surface area contributed by atoms with Crippen LogP contribution < -0.4 is 5.43 Å². The van der Waals surface area contributed by atoms with Crippen molar-refractivity contribution in [2.45, 2.75) is 12.8 Å². The number of hydrogen-bond acceptors (Lipinski definition) is 5. The fraction of sp³-hybridized carbons (Fsp3) is 0.176. The topological polar surface area (TPSA) is 93.8 Å². The lowest BCUT2D eigenvalue weighted by Crippen LogP contribution is -2.18. The zero-order valence-corrected chi connectivity index (χ0v) is 13.8. The van der Waals surface area contributed by atoms with Crippen molar-refractivity contribution in [3.05, 3.63) is 75.3 Å². The van der Waals surface area contributed by atoms with Crippen molar-refractivity contribution in [3.8, 4) is 0 Å². The smallest absolute Gasteiger partial charge is 0.367 e. The first-order valence-corrected chi connectivity index (χ1v) is 7.56. The van der Waals surface area contributed by atoms with Crippen LogP contribution in [0.5, 0.6) is 0 Å². The maximum absolute atomic E-state index is 12.0. The van der Waals surface area contributed by atoms with Crippen molar-refractivity contribution < 1.29 is 27.6 Å². The number of hydrogen-bond donors (Lipinski definition) is 1. The molecule has 0 radical (unpaired) electrons. The summed E-state index contributed by atoms with van der Waals surface area (Å²) in [5.41, 5.74) is 3.53. The minimum absolute atomic E-state index is 0.0597. The van der Waals surface area contributed by atoms with Gasteiger partial charge >= 0.3 is 6.18 Å². The van der Waals surface area contributed by atoms with Gasteiger partial charge in [-0.3, -0.25) is 14.9 Å². The van der Waals surface area contributed by atoms with E-state index in [1.807, 2.05) is 0 Å². The van der Waals surface area contributed by atoms with Crippen molar-refractivity contribution in [3.63, 3.8) is 0 Å². The number of non-ortho nitro benzene ring substituents is 1. The van der Waals surface area contributed by atoms with Gasteiger partial charge in [-0.2, -0.15) is 18.3 Å². The van der Waals surface area contributed by atoms with Gasteiger partial charge in [0.25, 0.3) is 11.6 Å². The Balaban J connectivity index is 1.85. The highest BCUT2D eigenvalue weighted by molar-refractivity contribution is 5.94. The van der Waals surface area contributed by atoms with Crippen LogP contribution in [0.15, 0.2) is 53.6 Å². The molecule has 1 amide bonds. The lowest BCUT2D eigenvalue weighted by molar-refractivity contribution is -0.384. The summed E-state index contributed by atoms with van der Waals surface area (Å²) in [7, 11) is 0. The van der Waals surface area contributed by atoms with Crippen LogP contribution in [0, 0.1) is 10.1 Å². The molecule has 0 bridgehead atoms. The molecule has 0 aliphatic rings. The molecule has 0 saturated heterocycles. The van der Waals surface area contributed by atoms with Gasteiger partial charge in [0.05, 0.1) is 17.7 Å². The number of hydrazone groups is 1. The third-order valence-electron chi connectivity index (χ3n) is 3.23. The number of carbonyl (C=O) groups excluding carboxylic acids is 1. The number of benzene rings is 2. The molecule has 0 heterocycles. The molecule has 0 aromatic heterocycles. The molecule has 142 valence electrons. The van der Waals surface area contributed by atoms with Gasteiger partial charge < -0.3 is 4.74 Å². The molecule has 0 saturated carbocycles. The molecule has 0 spiro atoms. The van der Waals surface area contributed by atoms with Crippen LogP contribution in [0.3, 0.4) is 0 Å². The monoisotopic (exact) mass is 381 g/mol. The highest BCUT2D eigenvalue weighted by Crippen LogP contribution is 2.16. The molecule has 27 heavy (non-hydrogen) atoms. The minimum atomic E-state index is -4.39. The highest BCUT2D eigenvalue weighted by atomic mass is 19.4. The maximum Gasteiger partial charge on any atom is 0.411 e. The Morgan fingerprint density at radius 3 is 2.33 bits per heavy atom. The third-order valence-corrected chi connectivity index (χ3v) is 3.23. The van der Waals surface area contributed by atoms with Gasteiger partial charge in [-0.15, -0.1) is 0 Å². The van der Waals surface area contributed by atoms with Gasteiger partial charge in [-0.1, -0.05) is 12.1 Å². The molecule has 2 aromatic rings. The SMILES string of the molecule is O=C(N/N=C\c1ccc([N+](=O)[O-])cc1)c1ccc(COCC(F)(F)F)cc1. The van der Waals surface area contributed by atoms with Crippen LogP contribution in [0.4, 0.5) is 18.9 Å². The molecular formula is C17H14F3N3O4. The molecule has 0 fully saturated rings. The van der Waals surface area contributed by atoms with E-state index in [1.165, 1.54) is 54.7 Å². The van der Waals surface area contributed by atoms with Crippen LogP contribution in [0.2, 0.25) is 0 Å². The van der Waals surface area contributed by atoms with Gasteiger partial charge in [0.1, 0.15) is 6.61 Å². The van der Waals surface area contributed by atoms with Gasteiger partial charge in [0.2, 0.25) is 0 Å². The maximum atomic E-state index is 12.0. The number of alkyl halides is 3. The number of nitrogens with one attached hydrogen (secondary N) is 1. The molecule has 1 N–H and O–H groups in total. The molecule has 2 rings (SSSR count). The number of halogens is 3. The summed E-state index contributed by atoms with van der Waals surface area (Å²) in [6, 6.07) is 11.4. The third kappa shape index (κ3) is 6.86. The van der Waals surface area contributed by atoms with Crippen molar-refractivity contribution >= 4 is 17.8 Å². The van der Waals surface area contributed by atoms with Gasteiger partial charge in [-0.25, -0.2) is 5.43 Å². The van der Waals surface area contributed by atoms with Crippen LogP contribution >= 0.6 is 0 Å². The number of carbonyl (C=O) groups is 1. The van der Waals surface area contributed by atoms with Gasteiger partial charge in [0.15, 0.2) is 0 Å². The zero-order valence-electron chi connectivity index (χ0n) is 13.8. The van der Waals surface area contributed by atoms with Gasteiger partial charge in [0, 0.05) is 17.7 Å². The molecule has 0 aliphatic carbocycles. The van der Waals surface area contributed by atoms with Crippen LogP contribution in [0.25, 0.3) is 0 Å². The Labute approximate surface area is 151 Å². The molecule has 2 aromatic carbocycles. The van der Waals surface area contributed by atoms with E-state index in [1.54, 1.807) is 0 Å². The summed E-state index contributed by atoms with van der Waals surface area (Å²) in [6.45, 7) is -1.56. The van der Waals surface area contributed by atoms with E-state index < -0.39 is 23.6 Å². The molecule has 0 aliphatic heterocycles. The van der Waals surface area contributed by atoms with Crippen LogP contribution in [-0.4, -0.2) is 29.8 Å². The quantitative estimate of drug-likeness (QED) is 0.452. The summed E-state index contributed by atoms with van der Waals surface area (Å²) < 4.78 is 40.5. The minimum Gasteiger partial charge on any atom is -0.367 e. The van der Waals surface area contributed by atoms with Crippen molar-refractivity contribution in [1.82, 2.24) is 5.43 Å². The number of rotatable bonds is 7. The zero-order chi connectivity index (χ0) is 19.9. The summed E-state index contributed by atoms with van der Waals surface area (Å²) in [4.78, 5) is 22.0. The number of nitrogens with zero attached hydrogens (tertiary/aromatic N) is 2. The first-order valence-electron chi connectivity index (χ1n) is 7.56. The standard InChI is InChI=1S/C17H14F3N3O4/c18-17(19,20)11-27-10-13-1-5-14(6-2-13)16(24)22-21-9-12-3-7-15(8-4-12)23(25)26/h1-9H,10-11H2,(H,22,24)/b21-9-. The fourth-order valence-electron chi connectivity index (χ4n) is 1.95. The number of nitro groups is 1. The number of ether oxygens (including phenoxy) is 1. The average molecular weight is 381 g/mol. The predicted octanol–water partition coefficient (Wildman–Crippen LogP) is 3.44. The molecular weight excluding hydrogens is 367 g/mol. The van der Waals surface area contributed by atoms with E-state index in [0.29, 0.717) is 11.1 Å². The van der Waals surface area contributed by atoms with E-state index in [2.05, 4.69) is 15.3 Å². The van der Waals surface area contributed by atoms with Gasteiger partial charge in [-0.05, 0) is 35.4 Å². The second kappa shape index (κ2) is 8.90. The number of amides is 1. The molecule has 7 nitrogen and oxygen atoms in total. The van der Waals surface area contributed by atoms with Crippen LogP contribution in [-0.2, 0) is 11.3 Å². The predicted molar refractivity (Wildman–Crippen MR) is 90.3 cm³/mol. The second-order valence-corrected chi connectivity index (χ2v) is 5.35. The lowest BCUT2D eigenvalue weighted by Gasteiger charge is -2.08. The Bertz CT molecular complexity index is 819. The van der Waals surface area contributed by atoms with Crippen molar-refractivity contribution in [2.75, 3.05) is 6.61 Å². The van der Waals surface area contributed by atoms with E-state index in [0.717, 1.165) is 0 Å². The van der Waals surface area contributed by atoms with Crippen molar-refractivity contribution in [2.24, 2.45) is 5.10 Å². The first-order chi connectivity index (χ1) is 12.7. The fourth-order valence-corrected chi connectivity index (χ4v) is 1.95. The Kier molecular flexibility index (Phi) is 6.61. The Morgan fingerprint density at radius 2 is 1.78 bits per heavy atom. The molecule has 10 heteroatoms. The van der Waals surface area contributed by atoms with Crippen LogP contribution in [0.1, 0.15) is 21.5 Å². The summed E-state index contributed by atoms with van der Waals surface area (Å²) in [6.07, 6.45) is -3.07. The Hall–Kier alpha value is -3.27. The summed E-state index contributed by atoms with van der Waals surface area (Å²) in [5, 5.41) is 14.3.